The van der Waals surface area contributed by atoms with Crippen LogP contribution in [0, 0.1) is 5.92 Å². The van der Waals surface area contributed by atoms with Crippen molar-refractivity contribution in [2.75, 3.05) is 37.0 Å². The Bertz CT molecular complexity index is 916. The molecule has 0 N–H and O–H groups in total. The van der Waals surface area contributed by atoms with E-state index in [-0.39, 0.29) is 11.8 Å². The Balaban J connectivity index is 1.75. The summed E-state index contributed by atoms with van der Waals surface area (Å²) in [5.74, 6) is 0.0838. The van der Waals surface area contributed by atoms with E-state index in [1.807, 2.05) is 60.8 Å². The van der Waals surface area contributed by atoms with Gasteiger partial charge in [-0.15, -0.1) is 11.3 Å². The summed E-state index contributed by atoms with van der Waals surface area (Å²) in [6, 6.07) is 11.4. The molecule has 0 radical (unpaired) electrons. The Kier molecular flexibility index (Phi) is 4.98. The third-order valence-electron chi connectivity index (χ3n) is 5.42. The normalized spacial score (nSPS) is 20.3. The van der Waals surface area contributed by atoms with E-state index in [9.17, 15) is 9.59 Å². The van der Waals surface area contributed by atoms with Gasteiger partial charge in [0.1, 0.15) is 5.70 Å². The fourth-order valence-electron chi connectivity index (χ4n) is 3.98. The van der Waals surface area contributed by atoms with Gasteiger partial charge in [-0.1, -0.05) is 13.0 Å². The average molecular weight is 396 g/mol. The van der Waals surface area contributed by atoms with E-state index in [4.69, 9.17) is 0 Å². The number of likely N-dealkylation sites (tertiary alicyclic amines) is 1. The van der Waals surface area contributed by atoms with Crippen molar-refractivity contribution < 1.29 is 9.59 Å². The molecular formula is C22H25N3O2S. The van der Waals surface area contributed by atoms with Gasteiger partial charge in [-0.25, -0.2) is 4.90 Å². The number of benzene rings is 1. The molecule has 1 unspecified atom stereocenters. The molecule has 1 aromatic heterocycles. The maximum absolute atomic E-state index is 13.4. The van der Waals surface area contributed by atoms with Crippen LogP contribution >= 0.6 is 11.3 Å². The van der Waals surface area contributed by atoms with Crippen molar-refractivity contribution in [2.24, 2.45) is 5.92 Å². The molecule has 6 heteroatoms. The second kappa shape index (κ2) is 7.43. The number of carbonyl (C=O) groups is 2. The standard InChI is InChI=1S/C22H25N3O2S/c1-15-6-4-12-24(14-15)20-19(18-7-5-13-28-18)21(26)25(22(20)27)17-10-8-16(9-11-17)23(2)3/h5,7-11,13,15H,4,6,12,14H2,1-3H3. The number of thiophene rings is 1. The van der Waals surface area contributed by atoms with Gasteiger partial charge >= 0.3 is 0 Å². The van der Waals surface area contributed by atoms with E-state index in [1.165, 1.54) is 16.2 Å². The number of carbonyl (C=O) groups excluding carboxylic acids is 2. The number of rotatable bonds is 4. The third-order valence-corrected chi connectivity index (χ3v) is 6.31. The van der Waals surface area contributed by atoms with Crippen LogP contribution < -0.4 is 9.80 Å². The summed E-state index contributed by atoms with van der Waals surface area (Å²) in [6.45, 7) is 3.84. The first-order chi connectivity index (χ1) is 13.5. The summed E-state index contributed by atoms with van der Waals surface area (Å²) in [6.07, 6.45) is 2.21. The third kappa shape index (κ3) is 3.22. The zero-order valence-electron chi connectivity index (χ0n) is 16.5. The Morgan fingerprint density at radius 3 is 2.43 bits per heavy atom. The van der Waals surface area contributed by atoms with Gasteiger partial charge in [0, 0.05) is 37.7 Å². The van der Waals surface area contributed by atoms with Crippen molar-refractivity contribution in [1.82, 2.24) is 4.90 Å². The van der Waals surface area contributed by atoms with Crippen LogP contribution in [0.1, 0.15) is 24.6 Å². The second-order valence-corrected chi connectivity index (χ2v) is 8.70. The molecule has 1 atom stereocenters. The Labute approximate surface area is 169 Å². The number of amides is 2. The van der Waals surface area contributed by atoms with Gasteiger partial charge in [-0.05, 0) is 54.5 Å². The molecule has 2 amide bonds. The molecule has 1 saturated heterocycles. The first-order valence-electron chi connectivity index (χ1n) is 9.66. The molecule has 3 heterocycles. The smallest absolute Gasteiger partial charge is 0.282 e. The minimum Gasteiger partial charge on any atom is -0.378 e. The molecule has 28 heavy (non-hydrogen) atoms. The summed E-state index contributed by atoms with van der Waals surface area (Å²) in [5, 5.41) is 1.95. The predicted octanol–water partition coefficient (Wildman–Crippen LogP) is 3.83. The maximum Gasteiger partial charge on any atom is 0.282 e. The molecule has 146 valence electrons. The summed E-state index contributed by atoms with van der Waals surface area (Å²) >= 11 is 1.51. The van der Waals surface area contributed by atoms with Crippen LogP contribution in [-0.2, 0) is 9.59 Å². The van der Waals surface area contributed by atoms with Crippen LogP contribution in [0.3, 0.4) is 0 Å². The molecule has 1 fully saturated rings. The zero-order chi connectivity index (χ0) is 19.8. The van der Waals surface area contributed by atoms with Crippen molar-refractivity contribution in [3.05, 3.63) is 52.4 Å². The van der Waals surface area contributed by atoms with E-state index in [0.29, 0.717) is 22.9 Å². The number of imide groups is 1. The fraction of sp³-hybridized carbons (Fsp3) is 0.364. The Hall–Kier alpha value is -2.60. The van der Waals surface area contributed by atoms with Crippen molar-refractivity contribution >= 4 is 40.1 Å². The van der Waals surface area contributed by atoms with E-state index in [0.717, 1.165) is 36.5 Å². The maximum atomic E-state index is 13.4. The van der Waals surface area contributed by atoms with E-state index in [1.54, 1.807) is 0 Å². The highest BCUT2D eigenvalue weighted by Gasteiger charge is 2.43. The molecule has 4 rings (SSSR count). The molecule has 5 nitrogen and oxygen atoms in total. The van der Waals surface area contributed by atoms with Crippen LogP contribution in [0.25, 0.3) is 5.57 Å². The largest absolute Gasteiger partial charge is 0.378 e. The summed E-state index contributed by atoms with van der Waals surface area (Å²) in [7, 11) is 3.93. The number of hydrogen-bond donors (Lipinski definition) is 0. The van der Waals surface area contributed by atoms with Crippen LogP contribution in [0.2, 0.25) is 0 Å². The van der Waals surface area contributed by atoms with Crippen LogP contribution in [0.15, 0.2) is 47.5 Å². The van der Waals surface area contributed by atoms with Gasteiger partial charge < -0.3 is 9.80 Å². The highest BCUT2D eigenvalue weighted by atomic mass is 32.1. The molecule has 0 spiro atoms. The van der Waals surface area contributed by atoms with E-state index < -0.39 is 0 Å². The first-order valence-corrected chi connectivity index (χ1v) is 10.5. The van der Waals surface area contributed by atoms with Crippen LogP contribution in [0.5, 0.6) is 0 Å². The number of nitrogens with zero attached hydrogens (tertiary/aromatic N) is 3. The second-order valence-electron chi connectivity index (χ2n) is 7.75. The SMILES string of the molecule is CC1CCCN(C2=C(c3cccs3)C(=O)N(c3ccc(N(C)C)cc3)C2=O)C1. The predicted molar refractivity (Wildman–Crippen MR) is 114 cm³/mol. The molecule has 0 aliphatic carbocycles. The molecular weight excluding hydrogens is 370 g/mol. The minimum absolute atomic E-state index is 0.208. The monoisotopic (exact) mass is 395 g/mol. The van der Waals surface area contributed by atoms with Crippen LogP contribution in [0.4, 0.5) is 11.4 Å². The molecule has 2 aliphatic rings. The average Bonchev–Trinajstić information content (AvgIpc) is 3.28. The van der Waals surface area contributed by atoms with Gasteiger partial charge in [0.15, 0.2) is 0 Å². The van der Waals surface area contributed by atoms with Gasteiger partial charge in [0.2, 0.25) is 0 Å². The van der Waals surface area contributed by atoms with Crippen molar-refractivity contribution in [1.29, 1.82) is 0 Å². The molecule has 2 aliphatic heterocycles. The lowest BCUT2D eigenvalue weighted by Crippen LogP contribution is -2.39. The van der Waals surface area contributed by atoms with Gasteiger partial charge in [-0.2, -0.15) is 0 Å². The lowest BCUT2D eigenvalue weighted by molar-refractivity contribution is -0.120. The molecule has 1 aromatic carbocycles. The molecule has 0 saturated carbocycles. The Morgan fingerprint density at radius 2 is 1.82 bits per heavy atom. The van der Waals surface area contributed by atoms with Gasteiger partial charge in [0.25, 0.3) is 11.8 Å². The first kappa shape index (κ1) is 18.7. The van der Waals surface area contributed by atoms with Crippen molar-refractivity contribution in [3.8, 4) is 0 Å². The quantitative estimate of drug-likeness (QED) is 0.738. The topological polar surface area (TPSA) is 43.9 Å². The zero-order valence-corrected chi connectivity index (χ0v) is 17.3. The minimum atomic E-state index is -0.224. The highest BCUT2D eigenvalue weighted by molar-refractivity contribution is 7.11. The van der Waals surface area contributed by atoms with Gasteiger partial charge in [-0.3, -0.25) is 9.59 Å². The summed E-state index contributed by atoms with van der Waals surface area (Å²) in [5.41, 5.74) is 2.76. The van der Waals surface area contributed by atoms with Crippen LogP contribution in [-0.4, -0.2) is 43.9 Å². The fourth-order valence-corrected chi connectivity index (χ4v) is 4.74. The van der Waals surface area contributed by atoms with Gasteiger partial charge in [0.05, 0.1) is 11.3 Å². The number of anilines is 2. The Morgan fingerprint density at radius 1 is 1.07 bits per heavy atom. The lowest BCUT2D eigenvalue weighted by Gasteiger charge is -2.33. The summed E-state index contributed by atoms with van der Waals surface area (Å²) < 4.78 is 0. The van der Waals surface area contributed by atoms with Crippen molar-refractivity contribution in [2.45, 2.75) is 19.8 Å². The lowest BCUT2D eigenvalue weighted by atomic mass is 9.99. The summed E-state index contributed by atoms with van der Waals surface area (Å²) in [4.78, 5) is 33.1. The van der Waals surface area contributed by atoms with E-state index >= 15 is 0 Å². The highest BCUT2D eigenvalue weighted by Crippen LogP contribution is 2.38. The number of hydrogen-bond acceptors (Lipinski definition) is 5. The number of piperidine rings is 1. The molecule has 0 bridgehead atoms. The van der Waals surface area contributed by atoms with E-state index in [2.05, 4.69) is 11.8 Å². The van der Waals surface area contributed by atoms with Crippen molar-refractivity contribution in [3.63, 3.8) is 0 Å². The molecule has 2 aromatic rings.